The van der Waals surface area contributed by atoms with Crippen molar-refractivity contribution in [2.24, 2.45) is 0 Å². The number of nitrogens with one attached hydrogen (secondary N) is 1. The monoisotopic (exact) mass is 345 g/mol. The van der Waals surface area contributed by atoms with Crippen LogP contribution in [0, 0.1) is 0 Å². The van der Waals surface area contributed by atoms with Gasteiger partial charge in [0.25, 0.3) is 5.89 Å². The molecule has 2 aromatic rings. The zero-order chi connectivity index (χ0) is 17.6. The van der Waals surface area contributed by atoms with Crippen molar-refractivity contribution < 1.29 is 27.6 Å². The summed E-state index contributed by atoms with van der Waals surface area (Å²) < 4.78 is 37.0. The molecule has 0 aromatic carbocycles. The van der Waals surface area contributed by atoms with E-state index in [9.17, 15) is 13.2 Å². The molecule has 24 heavy (non-hydrogen) atoms. The standard InChI is InChI=1S/C11H13N5O.C2HF3O2/c1-2-5-12-9(3-1)10-15-11(17-16-10)8-4-6-13-14-7-8;3-2(4,5)1(6)7/h4,6-7,9,12H,1-3,5H2;(H,6,7)/t9-;/m1./s1. The molecule has 1 saturated heterocycles. The average molecular weight is 345 g/mol. The number of carboxylic acid groups (broad SMARTS) is 1. The van der Waals surface area contributed by atoms with Gasteiger partial charge in [-0.25, -0.2) is 4.79 Å². The Labute approximate surface area is 134 Å². The molecule has 2 N–H and O–H groups in total. The number of alkyl halides is 3. The number of hydrogen-bond acceptors (Lipinski definition) is 7. The van der Waals surface area contributed by atoms with Gasteiger partial charge in [0, 0.05) is 0 Å². The Bertz CT molecular complexity index is 656. The summed E-state index contributed by atoms with van der Waals surface area (Å²) in [6.07, 6.45) is 1.63. The summed E-state index contributed by atoms with van der Waals surface area (Å²) in [7, 11) is 0. The number of nitrogens with zero attached hydrogens (tertiary/aromatic N) is 4. The Hall–Kier alpha value is -2.56. The molecule has 0 aliphatic carbocycles. The largest absolute Gasteiger partial charge is 0.490 e. The summed E-state index contributed by atoms with van der Waals surface area (Å²) in [5.41, 5.74) is 0.801. The van der Waals surface area contributed by atoms with Crippen molar-refractivity contribution in [3.8, 4) is 11.5 Å². The number of carbonyl (C=O) groups is 1. The normalized spacial score (nSPS) is 17.7. The minimum atomic E-state index is -5.08. The fourth-order valence-electron chi connectivity index (χ4n) is 1.98. The van der Waals surface area contributed by atoms with Crippen molar-refractivity contribution in [3.05, 3.63) is 24.3 Å². The van der Waals surface area contributed by atoms with Crippen LogP contribution in [-0.2, 0) is 4.79 Å². The fourth-order valence-corrected chi connectivity index (χ4v) is 1.98. The third-order valence-electron chi connectivity index (χ3n) is 3.14. The van der Waals surface area contributed by atoms with Gasteiger partial charge in [-0.1, -0.05) is 11.6 Å². The van der Waals surface area contributed by atoms with Crippen molar-refractivity contribution in [1.82, 2.24) is 25.7 Å². The molecule has 0 amide bonds. The lowest BCUT2D eigenvalue weighted by atomic mass is 10.0. The maximum atomic E-state index is 10.6. The lowest BCUT2D eigenvalue weighted by Gasteiger charge is -2.19. The van der Waals surface area contributed by atoms with Gasteiger partial charge in [0.2, 0.25) is 0 Å². The van der Waals surface area contributed by atoms with E-state index >= 15 is 0 Å². The summed E-state index contributed by atoms with van der Waals surface area (Å²) in [6, 6.07) is 2.02. The van der Waals surface area contributed by atoms with E-state index in [1.54, 1.807) is 18.5 Å². The molecule has 130 valence electrons. The second-order valence-corrected chi connectivity index (χ2v) is 4.89. The molecule has 0 saturated carbocycles. The van der Waals surface area contributed by atoms with E-state index in [0.29, 0.717) is 5.89 Å². The number of aromatic nitrogens is 4. The summed E-state index contributed by atoms with van der Waals surface area (Å²) in [6.45, 7) is 1.02. The van der Waals surface area contributed by atoms with Crippen LogP contribution >= 0.6 is 0 Å². The Balaban J connectivity index is 0.000000256. The maximum absolute atomic E-state index is 10.6. The first-order valence-electron chi connectivity index (χ1n) is 7.02. The Morgan fingerprint density at radius 1 is 1.33 bits per heavy atom. The van der Waals surface area contributed by atoms with E-state index in [4.69, 9.17) is 14.4 Å². The van der Waals surface area contributed by atoms with E-state index in [1.165, 1.54) is 12.8 Å². The topological polar surface area (TPSA) is 114 Å². The van der Waals surface area contributed by atoms with Crippen LogP contribution in [0.15, 0.2) is 23.0 Å². The Kier molecular flexibility index (Phi) is 5.79. The maximum Gasteiger partial charge on any atom is 0.490 e. The number of carboxylic acids is 1. The van der Waals surface area contributed by atoms with Crippen molar-refractivity contribution in [2.45, 2.75) is 31.5 Å². The van der Waals surface area contributed by atoms with E-state index in [2.05, 4.69) is 25.7 Å². The predicted octanol–water partition coefficient (Wildman–Crippen LogP) is 1.97. The molecule has 0 spiro atoms. The van der Waals surface area contributed by atoms with E-state index in [1.807, 2.05) is 0 Å². The van der Waals surface area contributed by atoms with Gasteiger partial charge >= 0.3 is 12.1 Å². The van der Waals surface area contributed by atoms with Crippen molar-refractivity contribution >= 4 is 5.97 Å². The van der Waals surface area contributed by atoms with Gasteiger partial charge in [-0.05, 0) is 25.5 Å². The number of rotatable bonds is 2. The summed E-state index contributed by atoms with van der Waals surface area (Å²) >= 11 is 0. The van der Waals surface area contributed by atoms with Crippen LogP contribution < -0.4 is 5.32 Å². The van der Waals surface area contributed by atoms with E-state index < -0.39 is 12.1 Å². The molecule has 0 radical (unpaired) electrons. The average Bonchev–Trinajstić information content (AvgIpc) is 3.06. The quantitative estimate of drug-likeness (QED) is 0.849. The summed E-state index contributed by atoms with van der Waals surface area (Å²) in [4.78, 5) is 13.3. The second-order valence-electron chi connectivity index (χ2n) is 4.89. The van der Waals surface area contributed by atoms with Crippen LogP contribution in [0.3, 0.4) is 0 Å². The third-order valence-corrected chi connectivity index (χ3v) is 3.14. The van der Waals surface area contributed by atoms with E-state index in [-0.39, 0.29) is 6.04 Å². The van der Waals surface area contributed by atoms with Gasteiger partial charge in [0.15, 0.2) is 5.82 Å². The first-order valence-corrected chi connectivity index (χ1v) is 7.02. The minimum Gasteiger partial charge on any atom is -0.475 e. The van der Waals surface area contributed by atoms with Crippen LogP contribution in [0.25, 0.3) is 11.5 Å². The molecule has 2 aromatic heterocycles. The molecule has 1 aliphatic heterocycles. The number of piperidine rings is 1. The zero-order valence-electron chi connectivity index (χ0n) is 12.3. The number of halogens is 3. The highest BCUT2D eigenvalue weighted by molar-refractivity contribution is 5.73. The Morgan fingerprint density at radius 3 is 2.62 bits per heavy atom. The SMILES string of the molecule is O=C(O)C(F)(F)F.c1cc(-c2nc([C@H]3CCCCN3)no2)cnn1. The van der Waals surface area contributed by atoms with Crippen molar-refractivity contribution in [3.63, 3.8) is 0 Å². The first kappa shape index (κ1) is 17.8. The van der Waals surface area contributed by atoms with Crippen molar-refractivity contribution in [2.75, 3.05) is 6.54 Å². The van der Waals surface area contributed by atoms with Gasteiger partial charge in [-0.2, -0.15) is 28.4 Å². The van der Waals surface area contributed by atoms with Crippen LogP contribution in [0.4, 0.5) is 13.2 Å². The number of hydrogen-bond donors (Lipinski definition) is 2. The molecule has 0 bridgehead atoms. The molecule has 3 rings (SSSR count). The van der Waals surface area contributed by atoms with Gasteiger partial charge in [-0.15, -0.1) is 0 Å². The predicted molar refractivity (Wildman–Crippen MR) is 73.6 cm³/mol. The molecule has 0 unspecified atom stereocenters. The minimum absolute atomic E-state index is 0.219. The van der Waals surface area contributed by atoms with Gasteiger partial charge < -0.3 is 14.9 Å². The molecular weight excluding hydrogens is 331 g/mol. The first-order chi connectivity index (χ1) is 11.4. The fraction of sp³-hybridized carbons (Fsp3) is 0.462. The highest BCUT2D eigenvalue weighted by Crippen LogP contribution is 2.23. The van der Waals surface area contributed by atoms with Gasteiger partial charge in [0.1, 0.15) is 0 Å². The van der Waals surface area contributed by atoms with Crippen LogP contribution in [-0.4, -0.2) is 44.1 Å². The zero-order valence-corrected chi connectivity index (χ0v) is 12.3. The lowest BCUT2D eigenvalue weighted by molar-refractivity contribution is -0.192. The molecule has 11 heteroatoms. The van der Waals surface area contributed by atoms with Gasteiger partial charge in [-0.3, -0.25) is 0 Å². The van der Waals surface area contributed by atoms with E-state index in [0.717, 1.165) is 24.4 Å². The summed E-state index contributed by atoms with van der Waals surface area (Å²) in [5.74, 6) is -1.52. The Morgan fingerprint density at radius 2 is 2.08 bits per heavy atom. The van der Waals surface area contributed by atoms with Crippen LogP contribution in [0.2, 0.25) is 0 Å². The van der Waals surface area contributed by atoms with Crippen molar-refractivity contribution in [1.29, 1.82) is 0 Å². The second kappa shape index (κ2) is 7.81. The lowest BCUT2D eigenvalue weighted by Crippen LogP contribution is -2.27. The number of aliphatic carboxylic acids is 1. The highest BCUT2D eigenvalue weighted by Gasteiger charge is 2.38. The van der Waals surface area contributed by atoms with Crippen LogP contribution in [0.1, 0.15) is 31.1 Å². The summed E-state index contributed by atoms with van der Waals surface area (Å²) in [5, 5.41) is 22.0. The van der Waals surface area contributed by atoms with Crippen LogP contribution in [0.5, 0.6) is 0 Å². The smallest absolute Gasteiger partial charge is 0.475 e. The molecule has 3 heterocycles. The molecule has 1 aliphatic rings. The van der Waals surface area contributed by atoms with Gasteiger partial charge in [0.05, 0.1) is 24.0 Å². The highest BCUT2D eigenvalue weighted by atomic mass is 19.4. The third kappa shape index (κ3) is 4.98. The molecule has 1 fully saturated rings. The molecule has 8 nitrogen and oxygen atoms in total. The molecular formula is C13H14F3N5O3. The molecule has 1 atom stereocenters.